The fraction of sp³-hybridized carbons (Fsp3) is 0.647. The zero-order valence-electron chi connectivity index (χ0n) is 12.6. The van der Waals surface area contributed by atoms with E-state index in [1.807, 2.05) is 0 Å². The highest BCUT2D eigenvalue weighted by Gasteiger charge is 2.36. The zero-order chi connectivity index (χ0) is 14.2. The van der Waals surface area contributed by atoms with E-state index in [4.69, 9.17) is 15.2 Å². The number of benzene rings is 1. The van der Waals surface area contributed by atoms with E-state index in [-0.39, 0.29) is 5.41 Å². The van der Waals surface area contributed by atoms with Gasteiger partial charge in [0.2, 0.25) is 6.79 Å². The molecule has 3 heteroatoms. The Balaban J connectivity index is 2.10. The first kappa shape index (κ1) is 13.7. The van der Waals surface area contributed by atoms with Crippen molar-refractivity contribution in [2.45, 2.75) is 57.3 Å². The van der Waals surface area contributed by atoms with Gasteiger partial charge in [0.1, 0.15) is 0 Å². The van der Waals surface area contributed by atoms with Crippen molar-refractivity contribution >= 4 is 0 Å². The highest BCUT2D eigenvalue weighted by molar-refractivity contribution is 5.52. The average Bonchev–Trinajstić information content (AvgIpc) is 2.94. The Hall–Kier alpha value is -1.22. The van der Waals surface area contributed by atoms with Gasteiger partial charge in [-0.05, 0) is 42.0 Å². The van der Waals surface area contributed by atoms with Crippen LogP contribution in [-0.4, -0.2) is 13.3 Å². The second-order valence-electron chi connectivity index (χ2n) is 6.49. The molecule has 0 amide bonds. The molecule has 2 aliphatic rings. The van der Waals surface area contributed by atoms with Crippen LogP contribution in [-0.2, 0) is 5.41 Å². The van der Waals surface area contributed by atoms with Gasteiger partial charge in [-0.3, -0.25) is 0 Å². The predicted octanol–water partition coefficient (Wildman–Crippen LogP) is 3.70. The first-order valence-corrected chi connectivity index (χ1v) is 7.80. The lowest BCUT2D eigenvalue weighted by atomic mass is 9.67. The summed E-state index contributed by atoms with van der Waals surface area (Å²) >= 11 is 0. The summed E-state index contributed by atoms with van der Waals surface area (Å²) in [5.74, 6) is 2.26. The van der Waals surface area contributed by atoms with Crippen molar-refractivity contribution in [1.29, 1.82) is 0 Å². The summed E-state index contributed by atoms with van der Waals surface area (Å²) in [4.78, 5) is 0. The molecule has 1 aliphatic heterocycles. The molecule has 0 saturated heterocycles. The van der Waals surface area contributed by atoms with E-state index in [9.17, 15) is 0 Å². The van der Waals surface area contributed by atoms with Crippen molar-refractivity contribution in [3.8, 4) is 11.5 Å². The molecule has 0 bridgehead atoms. The summed E-state index contributed by atoms with van der Waals surface area (Å²) in [5.41, 5.74) is 9.13. The van der Waals surface area contributed by atoms with E-state index in [0.29, 0.717) is 12.7 Å². The Bertz CT molecular complexity index is 490. The van der Waals surface area contributed by atoms with Gasteiger partial charge in [-0.1, -0.05) is 33.1 Å². The van der Waals surface area contributed by atoms with Gasteiger partial charge in [0.25, 0.3) is 0 Å². The summed E-state index contributed by atoms with van der Waals surface area (Å²) in [6.07, 6.45) is 6.29. The van der Waals surface area contributed by atoms with Crippen LogP contribution >= 0.6 is 0 Å². The summed E-state index contributed by atoms with van der Waals surface area (Å²) in [6, 6.07) is 4.38. The quantitative estimate of drug-likeness (QED) is 0.914. The molecule has 1 aliphatic carbocycles. The van der Waals surface area contributed by atoms with Crippen molar-refractivity contribution < 1.29 is 9.47 Å². The standard InChI is InChI=1S/C17H25NO2/c1-12(2)13-8-15-16(20-11-19-15)9-14(13)17(10-18)6-4-3-5-7-17/h8-9,12H,3-7,10-11,18H2,1-2H3. The first-order chi connectivity index (χ1) is 9.66. The van der Waals surface area contributed by atoms with Gasteiger partial charge in [-0.2, -0.15) is 0 Å². The van der Waals surface area contributed by atoms with E-state index in [0.717, 1.165) is 18.0 Å². The Morgan fingerprint density at radius 3 is 2.35 bits per heavy atom. The largest absolute Gasteiger partial charge is 0.454 e. The van der Waals surface area contributed by atoms with Gasteiger partial charge >= 0.3 is 0 Å². The summed E-state index contributed by atoms with van der Waals surface area (Å²) in [7, 11) is 0. The molecule has 0 atom stereocenters. The minimum Gasteiger partial charge on any atom is -0.454 e. The van der Waals surface area contributed by atoms with Crippen molar-refractivity contribution in [2.24, 2.45) is 5.73 Å². The fourth-order valence-electron chi connectivity index (χ4n) is 3.71. The first-order valence-electron chi connectivity index (χ1n) is 7.80. The van der Waals surface area contributed by atoms with E-state index >= 15 is 0 Å². The SMILES string of the molecule is CC(C)c1cc2c(cc1C1(CN)CCCCC1)OCO2. The number of hydrogen-bond acceptors (Lipinski definition) is 3. The third kappa shape index (κ3) is 2.18. The molecule has 1 aromatic rings. The Kier molecular flexibility index (Phi) is 3.63. The molecule has 110 valence electrons. The normalized spacial score (nSPS) is 20.4. The minimum absolute atomic E-state index is 0.138. The summed E-state index contributed by atoms with van der Waals surface area (Å²) < 4.78 is 11.1. The number of rotatable bonds is 3. The maximum absolute atomic E-state index is 6.21. The van der Waals surface area contributed by atoms with E-state index in [2.05, 4.69) is 26.0 Å². The lowest BCUT2D eigenvalue weighted by Gasteiger charge is -2.39. The molecule has 1 fully saturated rings. The minimum atomic E-state index is 0.138. The molecule has 2 N–H and O–H groups in total. The predicted molar refractivity (Wildman–Crippen MR) is 80.5 cm³/mol. The van der Waals surface area contributed by atoms with Gasteiger partial charge in [0, 0.05) is 12.0 Å². The van der Waals surface area contributed by atoms with Gasteiger partial charge in [-0.15, -0.1) is 0 Å². The number of fused-ring (bicyclic) bond motifs is 1. The highest BCUT2D eigenvalue weighted by atomic mass is 16.7. The van der Waals surface area contributed by atoms with E-state index in [1.165, 1.54) is 43.2 Å². The van der Waals surface area contributed by atoms with Crippen molar-refractivity contribution in [1.82, 2.24) is 0 Å². The van der Waals surface area contributed by atoms with Crippen molar-refractivity contribution in [3.63, 3.8) is 0 Å². The number of nitrogens with two attached hydrogens (primary N) is 1. The lowest BCUT2D eigenvalue weighted by molar-refractivity contribution is 0.173. The van der Waals surface area contributed by atoms with Crippen LogP contribution in [0.3, 0.4) is 0 Å². The molecule has 1 saturated carbocycles. The molecule has 1 heterocycles. The molecular formula is C17H25NO2. The number of hydrogen-bond donors (Lipinski definition) is 1. The molecule has 3 rings (SSSR count). The third-order valence-corrected chi connectivity index (χ3v) is 4.94. The second kappa shape index (κ2) is 5.28. The molecule has 0 spiro atoms. The van der Waals surface area contributed by atoms with Crippen molar-refractivity contribution in [3.05, 3.63) is 23.3 Å². The number of ether oxygens (including phenoxy) is 2. The highest BCUT2D eigenvalue weighted by Crippen LogP contribution is 2.46. The molecule has 0 unspecified atom stereocenters. The Morgan fingerprint density at radius 1 is 1.10 bits per heavy atom. The van der Waals surface area contributed by atoms with Gasteiger partial charge in [0.05, 0.1) is 0 Å². The van der Waals surface area contributed by atoms with Crippen LogP contribution in [0.4, 0.5) is 0 Å². The van der Waals surface area contributed by atoms with Gasteiger partial charge in [-0.25, -0.2) is 0 Å². The van der Waals surface area contributed by atoms with Crippen LogP contribution in [0.2, 0.25) is 0 Å². The molecule has 0 radical (unpaired) electrons. The van der Waals surface area contributed by atoms with E-state index in [1.54, 1.807) is 0 Å². The molecule has 3 nitrogen and oxygen atoms in total. The van der Waals surface area contributed by atoms with Crippen LogP contribution in [0, 0.1) is 0 Å². The topological polar surface area (TPSA) is 44.5 Å². The fourth-order valence-corrected chi connectivity index (χ4v) is 3.71. The molecule has 0 aromatic heterocycles. The van der Waals surface area contributed by atoms with Crippen LogP contribution < -0.4 is 15.2 Å². The monoisotopic (exact) mass is 275 g/mol. The van der Waals surface area contributed by atoms with Crippen LogP contribution in [0.15, 0.2) is 12.1 Å². The molecular weight excluding hydrogens is 250 g/mol. The van der Waals surface area contributed by atoms with Gasteiger partial charge in [0.15, 0.2) is 11.5 Å². The van der Waals surface area contributed by atoms with Crippen LogP contribution in [0.25, 0.3) is 0 Å². The Morgan fingerprint density at radius 2 is 1.75 bits per heavy atom. The van der Waals surface area contributed by atoms with Crippen LogP contribution in [0.1, 0.15) is 63.0 Å². The maximum atomic E-state index is 6.21. The van der Waals surface area contributed by atoms with E-state index < -0.39 is 0 Å². The Labute approximate surface area is 121 Å². The summed E-state index contributed by atoms with van der Waals surface area (Å²) in [6.45, 7) is 5.56. The van der Waals surface area contributed by atoms with Crippen molar-refractivity contribution in [2.75, 3.05) is 13.3 Å². The summed E-state index contributed by atoms with van der Waals surface area (Å²) in [5, 5.41) is 0. The average molecular weight is 275 g/mol. The lowest BCUT2D eigenvalue weighted by Crippen LogP contribution is -2.38. The molecule has 20 heavy (non-hydrogen) atoms. The maximum Gasteiger partial charge on any atom is 0.231 e. The zero-order valence-corrected chi connectivity index (χ0v) is 12.6. The smallest absolute Gasteiger partial charge is 0.231 e. The van der Waals surface area contributed by atoms with Crippen LogP contribution in [0.5, 0.6) is 11.5 Å². The molecule has 1 aromatic carbocycles. The third-order valence-electron chi connectivity index (χ3n) is 4.94. The van der Waals surface area contributed by atoms with Gasteiger partial charge < -0.3 is 15.2 Å². The second-order valence-corrected chi connectivity index (χ2v) is 6.49.